The number of carboxylic acid groups (broad SMARTS) is 1. The first-order chi connectivity index (χ1) is 12.5. The summed E-state index contributed by atoms with van der Waals surface area (Å²) >= 11 is 0. The molecule has 1 fully saturated rings. The van der Waals surface area contributed by atoms with Crippen molar-refractivity contribution in [1.29, 1.82) is 0 Å². The normalized spacial score (nSPS) is 22.1. The van der Waals surface area contributed by atoms with Crippen LogP contribution in [0.4, 0.5) is 5.69 Å². The summed E-state index contributed by atoms with van der Waals surface area (Å²) in [4.78, 5) is 52.0. The van der Waals surface area contributed by atoms with Gasteiger partial charge in [-0.2, -0.15) is 0 Å². The zero-order chi connectivity index (χ0) is 18.4. The number of anilines is 1. The first-order valence-corrected chi connectivity index (χ1v) is 8.08. The molecule has 0 bridgehead atoms. The minimum Gasteiger partial charge on any atom is -0.480 e. The van der Waals surface area contributed by atoms with E-state index >= 15 is 0 Å². The molecule has 3 amide bonds. The largest absolute Gasteiger partial charge is 0.480 e. The van der Waals surface area contributed by atoms with E-state index in [9.17, 15) is 24.3 Å². The lowest BCUT2D eigenvalue weighted by Gasteiger charge is -2.23. The third-order valence-electron chi connectivity index (χ3n) is 4.74. The predicted octanol–water partition coefficient (Wildman–Crippen LogP) is 1.54. The van der Waals surface area contributed by atoms with E-state index in [1.807, 2.05) is 0 Å². The average Bonchev–Trinajstić information content (AvgIpc) is 3.11. The molecular formula is C19H14N2O5. The smallest absolute Gasteiger partial charge is 0.326 e. The van der Waals surface area contributed by atoms with E-state index < -0.39 is 35.8 Å². The second-order valence-electron chi connectivity index (χ2n) is 6.18. The molecule has 0 unspecified atom stereocenters. The molecule has 2 atom stereocenters. The third kappa shape index (κ3) is 2.21. The highest BCUT2D eigenvalue weighted by atomic mass is 16.4. The van der Waals surface area contributed by atoms with E-state index in [0.29, 0.717) is 5.69 Å². The van der Waals surface area contributed by atoms with Crippen LogP contribution in [0, 0.1) is 0 Å². The van der Waals surface area contributed by atoms with Crippen LogP contribution in [0.1, 0.15) is 27.1 Å². The molecule has 2 aliphatic heterocycles. The number of carbonyl (C=O) groups excluding carboxylic acids is 3. The average molecular weight is 350 g/mol. The minimum atomic E-state index is -1.18. The number of fused-ring (bicyclic) bond motifs is 1. The van der Waals surface area contributed by atoms with Crippen molar-refractivity contribution >= 4 is 29.4 Å². The number of carbonyl (C=O) groups is 4. The number of benzene rings is 2. The monoisotopic (exact) mass is 350 g/mol. The molecule has 2 aromatic carbocycles. The molecule has 1 saturated heterocycles. The van der Waals surface area contributed by atoms with Gasteiger partial charge >= 0.3 is 5.97 Å². The Morgan fingerprint density at radius 2 is 1.38 bits per heavy atom. The molecule has 26 heavy (non-hydrogen) atoms. The molecule has 0 aromatic heterocycles. The van der Waals surface area contributed by atoms with Gasteiger partial charge in [0.15, 0.2) is 0 Å². The Morgan fingerprint density at radius 3 is 1.92 bits per heavy atom. The van der Waals surface area contributed by atoms with Crippen LogP contribution in [0.5, 0.6) is 0 Å². The van der Waals surface area contributed by atoms with Gasteiger partial charge in [-0.3, -0.25) is 24.2 Å². The molecule has 2 heterocycles. The molecule has 7 heteroatoms. The zero-order valence-electron chi connectivity index (χ0n) is 13.5. The summed E-state index contributed by atoms with van der Waals surface area (Å²) in [5.41, 5.74) is 0.884. The summed E-state index contributed by atoms with van der Waals surface area (Å²) < 4.78 is 0. The van der Waals surface area contributed by atoms with Crippen LogP contribution >= 0.6 is 0 Å². The lowest BCUT2D eigenvalue weighted by molar-refractivity contribution is -0.138. The van der Waals surface area contributed by atoms with Gasteiger partial charge in [0.1, 0.15) is 12.1 Å². The van der Waals surface area contributed by atoms with Crippen LogP contribution in [-0.4, -0.2) is 45.8 Å². The molecule has 0 aliphatic carbocycles. The van der Waals surface area contributed by atoms with Crippen LogP contribution in [0.25, 0.3) is 0 Å². The summed E-state index contributed by atoms with van der Waals surface area (Å²) in [5.74, 6) is -2.88. The van der Waals surface area contributed by atoms with Crippen LogP contribution in [0.15, 0.2) is 54.6 Å². The fourth-order valence-corrected chi connectivity index (χ4v) is 3.55. The number of imide groups is 1. The van der Waals surface area contributed by atoms with Crippen molar-refractivity contribution < 1.29 is 24.3 Å². The highest BCUT2D eigenvalue weighted by Gasteiger charge is 2.52. The summed E-state index contributed by atoms with van der Waals surface area (Å²) in [6.45, 7) is 0. The molecule has 2 aliphatic rings. The van der Waals surface area contributed by atoms with E-state index in [1.165, 1.54) is 12.1 Å². The second-order valence-corrected chi connectivity index (χ2v) is 6.18. The summed E-state index contributed by atoms with van der Waals surface area (Å²) in [6.07, 6.45) is -0.144. The zero-order valence-corrected chi connectivity index (χ0v) is 13.5. The topological polar surface area (TPSA) is 95.0 Å². The molecule has 0 radical (unpaired) electrons. The van der Waals surface area contributed by atoms with E-state index in [-0.39, 0.29) is 17.5 Å². The fourth-order valence-electron chi connectivity index (χ4n) is 3.55. The number of nitrogens with zero attached hydrogens (tertiary/aromatic N) is 2. The Kier molecular flexibility index (Phi) is 3.57. The number of para-hydroxylation sites is 1. The minimum absolute atomic E-state index is 0.144. The number of rotatable bonds is 3. The standard InChI is InChI=1S/C19H14N2O5/c22-16-12-8-4-5-9-13(12)17(23)21(16)14-10-15(19(25)26)20(18(14)24)11-6-2-1-3-7-11/h1-9,14-15H,10H2,(H,25,26)/t14-,15-/m0/s1. The van der Waals surface area contributed by atoms with Gasteiger partial charge < -0.3 is 5.11 Å². The Balaban J connectivity index is 1.73. The van der Waals surface area contributed by atoms with Crippen LogP contribution in [-0.2, 0) is 9.59 Å². The maximum absolute atomic E-state index is 13.0. The van der Waals surface area contributed by atoms with E-state index in [0.717, 1.165) is 9.80 Å². The highest BCUT2D eigenvalue weighted by molar-refractivity contribution is 6.24. The highest BCUT2D eigenvalue weighted by Crippen LogP contribution is 2.34. The molecule has 7 nitrogen and oxygen atoms in total. The summed E-state index contributed by atoms with van der Waals surface area (Å²) in [7, 11) is 0. The Bertz CT molecular complexity index is 905. The maximum atomic E-state index is 13.0. The van der Waals surface area contributed by atoms with Gasteiger partial charge in [0, 0.05) is 12.1 Å². The van der Waals surface area contributed by atoms with Crippen LogP contribution in [0.2, 0.25) is 0 Å². The number of hydrogen-bond acceptors (Lipinski definition) is 4. The van der Waals surface area contributed by atoms with Gasteiger partial charge in [0.05, 0.1) is 11.1 Å². The molecule has 130 valence electrons. The Labute approximate surface area is 148 Å². The SMILES string of the molecule is O=C(O)[C@@H]1C[C@H](N2C(=O)c3ccccc3C2=O)C(=O)N1c1ccccc1. The molecule has 4 rings (SSSR count). The molecular weight excluding hydrogens is 336 g/mol. The van der Waals surface area contributed by atoms with E-state index in [2.05, 4.69) is 0 Å². The molecule has 1 N–H and O–H groups in total. The van der Waals surface area contributed by atoms with E-state index in [4.69, 9.17) is 0 Å². The third-order valence-corrected chi connectivity index (χ3v) is 4.74. The van der Waals surface area contributed by atoms with Gasteiger partial charge in [-0.25, -0.2) is 4.79 Å². The van der Waals surface area contributed by atoms with Crippen molar-refractivity contribution in [3.8, 4) is 0 Å². The molecule has 2 aromatic rings. The molecule has 0 spiro atoms. The van der Waals surface area contributed by atoms with Gasteiger partial charge in [-0.15, -0.1) is 0 Å². The second kappa shape index (κ2) is 5.80. The fraction of sp³-hybridized carbons (Fsp3) is 0.158. The number of hydrogen-bond donors (Lipinski definition) is 1. The predicted molar refractivity (Wildman–Crippen MR) is 90.7 cm³/mol. The van der Waals surface area contributed by atoms with Gasteiger partial charge in [0.25, 0.3) is 17.7 Å². The van der Waals surface area contributed by atoms with E-state index in [1.54, 1.807) is 42.5 Å². The lowest BCUT2D eigenvalue weighted by atomic mass is 10.1. The summed E-state index contributed by atoms with van der Waals surface area (Å²) in [6, 6.07) is 12.4. The number of carboxylic acids is 1. The van der Waals surface area contributed by atoms with Crippen molar-refractivity contribution in [2.24, 2.45) is 0 Å². The van der Waals surface area contributed by atoms with Gasteiger partial charge in [0.2, 0.25) is 0 Å². The van der Waals surface area contributed by atoms with Crippen LogP contribution < -0.4 is 4.90 Å². The van der Waals surface area contributed by atoms with Crippen molar-refractivity contribution in [2.45, 2.75) is 18.5 Å². The van der Waals surface area contributed by atoms with Crippen molar-refractivity contribution in [3.05, 3.63) is 65.7 Å². The van der Waals surface area contributed by atoms with Crippen LogP contribution in [0.3, 0.4) is 0 Å². The number of aliphatic carboxylic acids is 1. The lowest BCUT2D eigenvalue weighted by Crippen LogP contribution is -2.45. The van der Waals surface area contributed by atoms with Gasteiger partial charge in [-0.05, 0) is 24.3 Å². The first kappa shape index (κ1) is 16.0. The summed E-state index contributed by atoms with van der Waals surface area (Å²) in [5, 5.41) is 9.55. The van der Waals surface area contributed by atoms with Crippen molar-refractivity contribution in [2.75, 3.05) is 4.90 Å². The van der Waals surface area contributed by atoms with Gasteiger partial charge in [-0.1, -0.05) is 30.3 Å². The number of amides is 3. The maximum Gasteiger partial charge on any atom is 0.326 e. The Hall–Kier alpha value is -3.48. The van der Waals surface area contributed by atoms with Crippen molar-refractivity contribution in [3.63, 3.8) is 0 Å². The molecule has 0 saturated carbocycles. The first-order valence-electron chi connectivity index (χ1n) is 8.08. The van der Waals surface area contributed by atoms with Crippen molar-refractivity contribution in [1.82, 2.24) is 4.90 Å². The quantitative estimate of drug-likeness (QED) is 0.848. The Morgan fingerprint density at radius 1 is 0.846 bits per heavy atom.